The second-order valence-electron chi connectivity index (χ2n) is 6.99. The summed E-state index contributed by atoms with van der Waals surface area (Å²) < 4.78 is 5.46. The zero-order chi connectivity index (χ0) is 13.7. The van der Waals surface area contributed by atoms with E-state index in [4.69, 9.17) is 4.74 Å². The maximum absolute atomic E-state index is 5.46. The average molecular weight is 268 g/mol. The van der Waals surface area contributed by atoms with Crippen molar-refractivity contribution in [3.8, 4) is 0 Å². The van der Waals surface area contributed by atoms with Crippen LogP contribution < -0.4 is 5.32 Å². The number of nitrogens with zero attached hydrogens (tertiary/aromatic N) is 1. The minimum atomic E-state index is 0.449. The predicted octanol–water partition coefficient (Wildman–Crippen LogP) is 2.51. The summed E-state index contributed by atoms with van der Waals surface area (Å²) in [6.45, 7) is 13.7. The molecule has 1 heterocycles. The van der Waals surface area contributed by atoms with Crippen LogP contribution >= 0.6 is 0 Å². The number of rotatable bonds is 5. The van der Waals surface area contributed by atoms with Gasteiger partial charge in [-0.2, -0.15) is 0 Å². The van der Waals surface area contributed by atoms with Gasteiger partial charge in [0.05, 0.1) is 13.2 Å². The summed E-state index contributed by atoms with van der Waals surface area (Å²) in [4.78, 5) is 2.61. The first-order chi connectivity index (χ1) is 9.13. The third-order valence-electron chi connectivity index (χ3n) is 4.92. The van der Waals surface area contributed by atoms with Gasteiger partial charge in [0, 0.05) is 25.7 Å². The summed E-state index contributed by atoms with van der Waals surface area (Å²) in [7, 11) is 0. The van der Waals surface area contributed by atoms with E-state index in [0.29, 0.717) is 11.5 Å². The highest BCUT2D eigenvalue weighted by Crippen LogP contribution is 2.39. The fraction of sp³-hybridized carbons (Fsp3) is 1.00. The number of ether oxygens (including phenoxy) is 1. The number of hydrogen-bond donors (Lipinski definition) is 1. The van der Waals surface area contributed by atoms with E-state index in [1.165, 1.54) is 32.2 Å². The van der Waals surface area contributed by atoms with E-state index in [2.05, 4.69) is 31.0 Å². The summed E-state index contributed by atoms with van der Waals surface area (Å²) in [6.07, 6.45) is 5.39. The maximum Gasteiger partial charge on any atom is 0.0594 e. The maximum atomic E-state index is 5.46. The van der Waals surface area contributed by atoms with Gasteiger partial charge in [-0.05, 0) is 37.1 Å². The van der Waals surface area contributed by atoms with Crippen LogP contribution in [0.4, 0.5) is 0 Å². The topological polar surface area (TPSA) is 24.5 Å². The smallest absolute Gasteiger partial charge is 0.0594 e. The Kier molecular flexibility index (Phi) is 5.67. The van der Waals surface area contributed by atoms with Crippen molar-refractivity contribution in [3.63, 3.8) is 0 Å². The molecule has 2 aliphatic rings. The molecule has 1 N–H and O–H groups in total. The molecule has 2 fully saturated rings. The lowest BCUT2D eigenvalue weighted by Crippen LogP contribution is -2.54. The van der Waals surface area contributed by atoms with E-state index in [1.54, 1.807) is 0 Å². The molecule has 1 saturated heterocycles. The van der Waals surface area contributed by atoms with E-state index >= 15 is 0 Å². The van der Waals surface area contributed by atoms with Crippen molar-refractivity contribution < 1.29 is 4.74 Å². The fourth-order valence-corrected chi connectivity index (χ4v) is 3.83. The number of hydrogen-bond acceptors (Lipinski definition) is 3. The molecule has 0 aromatic carbocycles. The molecule has 2 rings (SSSR count). The highest BCUT2D eigenvalue weighted by Gasteiger charge is 2.39. The zero-order valence-electron chi connectivity index (χ0n) is 13.1. The van der Waals surface area contributed by atoms with Gasteiger partial charge in [0.15, 0.2) is 0 Å². The predicted molar refractivity (Wildman–Crippen MR) is 80.5 cm³/mol. The van der Waals surface area contributed by atoms with Crippen molar-refractivity contribution >= 4 is 0 Å². The summed E-state index contributed by atoms with van der Waals surface area (Å²) in [5, 5.41) is 3.84. The van der Waals surface area contributed by atoms with Gasteiger partial charge in [0.2, 0.25) is 0 Å². The molecule has 3 nitrogen and oxygen atoms in total. The van der Waals surface area contributed by atoms with Crippen molar-refractivity contribution in [2.75, 3.05) is 39.4 Å². The Balaban J connectivity index is 1.94. The van der Waals surface area contributed by atoms with Crippen molar-refractivity contribution in [1.82, 2.24) is 10.2 Å². The van der Waals surface area contributed by atoms with Gasteiger partial charge < -0.3 is 10.1 Å². The van der Waals surface area contributed by atoms with Crippen molar-refractivity contribution in [3.05, 3.63) is 0 Å². The molecule has 0 spiro atoms. The van der Waals surface area contributed by atoms with E-state index in [1.807, 2.05) is 0 Å². The third kappa shape index (κ3) is 4.17. The van der Waals surface area contributed by atoms with Crippen LogP contribution in [0, 0.1) is 11.3 Å². The van der Waals surface area contributed by atoms with E-state index < -0.39 is 0 Å². The summed E-state index contributed by atoms with van der Waals surface area (Å²) in [6, 6.07) is 0.684. The van der Waals surface area contributed by atoms with E-state index in [9.17, 15) is 0 Å². The van der Waals surface area contributed by atoms with Gasteiger partial charge in [-0.1, -0.05) is 27.2 Å². The van der Waals surface area contributed by atoms with Gasteiger partial charge in [-0.25, -0.2) is 0 Å². The van der Waals surface area contributed by atoms with Crippen LogP contribution in [0.3, 0.4) is 0 Å². The standard InChI is InChI=1S/C16H32N2O/c1-4-8-17-15-14(6-5-7-16(15,2)3)13-18-9-11-19-12-10-18/h14-15,17H,4-13H2,1-3H3. The number of morpholine rings is 1. The minimum Gasteiger partial charge on any atom is -0.379 e. The quantitative estimate of drug-likeness (QED) is 0.829. The van der Waals surface area contributed by atoms with Crippen LogP contribution in [0.2, 0.25) is 0 Å². The molecule has 0 amide bonds. The summed E-state index contributed by atoms with van der Waals surface area (Å²) in [5.74, 6) is 0.813. The van der Waals surface area contributed by atoms with Gasteiger partial charge in [0.25, 0.3) is 0 Å². The third-order valence-corrected chi connectivity index (χ3v) is 4.92. The lowest BCUT2D eigenvalue weighted by atomic mass is 9.67. The first-order valence-corrected chi connectivity index (χ1v) is 8.17. The van der Waals surface area contributed by atoms with Gasteiger partial charge in [0.1, 0.15) is 0 Å². The Bertz CT molecular complexity index is 261. The zero-order valence-corrected chi connectivity index (χ0v) is 13.1. The summed E-state index contributed by atoms with van der Waals surface area (Å²) in [5.41, 5.74) is 0.449. The van der Waals surface area contributed by atoms with Crippen molar-refractivity contribution in [2.24, 2.45) is 11.3 Å². The molecule has 1 saturated carbocycles. The van der Waals surface area contributed by atoms with Crippen molar-refractivity contribution in [1.29, 1.82) is 0 Å². The first kappa shape index (κ1) is 15.3. The molecule has 1 aliphatic heterocycles. The summed E-state index contributed by atoms with van der Waals surface area (Å²) >= 11 is 0. The number of nitrogens with one attached hydrogen (secondary N) is 1. The van der Waals surface area contributed by atoms with Crippen LogP contribution in [-0.2, 0) is 4.74 Å². The molecule has 112 valence electrons. The Morgan fingerprint density at radius 2 is 2.00 bits per heavy atom. The lowest BCUT2D eigenvalue weighted by molar-refractivity contribution is 0.0120. The van der Waals surface area contributed by atoms with Crippen LogP contribution in [0.5, 0.6) is 0 Å². The molecule has 1 aliphatic carbocycles. The highest BCUT2D eigenvalue weighted by atomic mass is 16.5. The molecule has 0 radical (unpaired) electrons. The largest absolute Gasteiger partial charge is 0.379 e. The van der Waals surface area contributed by atoms with E-state index in [-0.39, 0.29) is 0 Å². The Labute approximate surface area is 119 Å². The molecule has 0 aromatic heterocycles. The lowest BCUT2D eigenvalue weighted by Gasteiger charge is -2.46. The van der Waals surface area contributed by atoms with Crippen LogP contribution in [0.15, 0.2) is 0 Å². The van der Waals surface area contributed by atoms with E-state index in [0.717, 1.165) is 38.8 Å². The fourth-order valence-electron chi connectivity index (χ4n) is 3.83. The Morgan fingerprint density at radius 3 is 2.68 bits per heavy atom. The minimum absolute atomic E-state index is 0.449. The van der Waals surface area contributed by atoms with Crippen molar-refractivity contribution in [2.45, 2.75) is 52.5 Å². The highest BCUT2D eigenvalue weighted by molar-refractivity contribution is 4.94. The molecular weight excluding hydrogens is 236 g/mol. The molecule has 0 bridgehead atoms. The molecule has 19 heavy (non-hydrogen) atoms. The molecule has 2 unspecified atom stereocenters. The SMILES string of the molecule is CCCNC1C(CN2CCOCC2)CCCC1(C)C. The second-order valence-corrected chi connectivity index (χ2v) is 6.99. The normalized spacial score (nSPS) is 32.4. The van der Waals surface area contributed by atoms with Gasteiger partial charge in [-0.3, -0.25) is 4.90 Å². The second kappa shape index (κ2) is 7.05. The Hall–Kier alpha value is -0.120. The van der Waals surface area contributed by atoms with Gasteiger partial charge >= 0.3 is 0 Å². The monoisotopic (exact) mass is 268 g/mol. The first-order valence-electron chi connectivity index (χ1n) is 8.17. The molecule has 0 aromatic rings. The molecule has 2 atom stereocenters. The Morgan fingerprint density at radius 1 is 1.26 bits per heavy atom. The van der Waals surface area contributed by atoms with Gasteiger partial charge in [-0.15, -0.1) is 0 Å². The van der Waals surface area contributed by atoms with Crippen LogP contribution in [0.25, 0.3) is 0 Å². The van der Waals surface area contributed by atoms with Crippen LogP contribution in [-0.4, -0.2) is 50.3 Å². The average Bonchev–Trinajstić information content (AvgIpc) is 2.38. The van der Waals surface area contributed by atoms with Crippen LogP contribution in [0.1, 0.15) is 46.5 Å². The molecular formula is C16H32N2O. The molecule has 3 heteroatoms.